The molecule has 0 bridgehead atoms. The Labute approximate surface area is 243 Å². The van der Waals surface area contributed by atoms with E-state index in [-0.39, 0.29) is 49.1 Å². The Kier molecular flexibility index (Phi) is 10.4. The molecule has 1 heterocycles. The van der Waals surface area contributed by atoms with Crippen molar-refractivity contribution < 1.29 is 30.3 Å². The van der Waals surface area contributed by atoms with E-state index in [1.807, 2.05) is 18.2 Å². The van der Waals surface area contributed by atoms with Gasteiger partial charge < -0.3 is 10.2 Å². The summed E-state index contributed by atoms with van der Waals surface area (Å²) < 4.78 is 0. The summed E-state index contributed by atoms with van der Waals surface area (Å²) in [6.45, 7) is 13.0. The topological polar surface area (TPSA) is 53.4 Å². The molecule has 2 aliphatic carbocycles. The molecule has 4 heteroatoms. The van der Waals surface area contributed by atoms with Crippen LogP contribution in [0.1, 0.15) is 83.8 Å². The Morgan fingerprint density at radius 1 is 0.868 bits per heavy atom. The second-order valence-electron chi connectivity index (χ2n) is 11.8. The van der Waals surface area contributed by atoms with Crippen LogP contribution < -0.4 is 0 Å². The first-order valence-corrected chi connectivity index (χ1v) is 14.4. The van der Waals surface area contributed by atoms with Gasteiger partial charge in [-0.2, -0.15) is 0 Å². The van der Waals surface area contributed by atoms with Crippen molar-refractivity contribution in [2.75, 3.05) is 0 Å². The van der Waals surface area contributed by atoms with Crippen LogP contribution in [0.3, 0.4) is 0 Å². The molecule has 2 saturated carbocycles. The Morgan fingerprint density at radius 3 is 2.13 bits per heavy atom. The predicted octanol–water partition coefficient (Wildman–Crippen LogP) is 8.07. The minimum Gasteiger partial charge on any atom is -0.392 e. The van der Waals surface area contributed by atoms with E-state index in [0.29, 0.717) is 5.92 Å². The Balaban J connectivity index is 0.000000205. The number of nitrogens with zero attached hydrogens (tertiary/aromatic N) is 1. The number of hydrogen-bond donors (Lipinski definition) is 2. The number of para-hydroxylation sites is 1. The smallest absolute Gasteiger partial charge is 0.0651 e. The van der Waals surface area contributed by atoms with Gasteiger partial charge in [0.25, 0.3) is 0 Å². The fraction of sp³-hybridized carbons (Fsp3) is 0.559. The molecule has 4 atom stereocenters. The maximum Gasteiger partial charge on any atom is 0.0651 e. The average molecular weight is 693 g/mol. The molecule has 0 amide bonds. The van der Waals surface area contributed by atoms with Crippen LogP contribution in [0.25, 0.3) is 22.2 Å². The zero-order valence-corrected chi connectivity index (χ0v) is 26.4. The molecule has 209 valence electrons. The Hall–Kier alpha value is -1.58. The molecule has 2 aliphatic rings. The van der Waals surface area contributed by atoms with Gasteiger partial charge in [0.15, 0.2) is 0 Å². The van der Waals surface area contributed by atoms with Gasteiger partial charge in [0, 0.05) is 26.0 Å². The van der Waals surface area contributed by atoms with Crippen LogP contribution in [-0.4, -0.2) is 27.4 Å². The van der Waals surface area contributed by atoms with Crippen LogP contribution in [0.15, 0.2) is 48.5 Å². The normalized spacial score (nSPS) is 25.2. The molecule has 0 aliphatic heterocycles. The molecular formula is C34H46IrNO2-. The first-order valence-electron chi connectivity index (χ1n) is 14.4. The average Bonchev–Trinajstić information content (AvgIpc) is 3.21. The van der Waals surface area contributed by atoms with E-state index < -0.39 is 0 Å². The molecule has 1 aromatic heterocycles. The van der Waals surface area contributed by atoms with Gasteiger partial charge in [0.2, 0.25) is 0 Å². The van der Waals surface area contributed by atoms with Crippen LogP contribution in [0.5, 0.6) is 0 Å². The first-order chi connectivity index (χ1) is 17.7. The minimum absolute atomic E-state index is 0. The van der Waals surface area contributed by atoms with Gasteiger partial charge in [-0.25, -0.2) is 0 Å². The molecule has 0 spiro atoms. The molecule has 38 heavy (non-hydrogen) atoms. The fourth-order valence-corrected chi connectivity index (χ4v) is 7.43. The molecule has 2 N–H and O–H groups in total. The van der Waals surface area contributed by atoms with Crippen molar-refractivity contribution in [3.05, 3.63) is 65.7 Å². The maximum atomic E-state index is 10.9. The summed E-state index contributed by atoms with van der Waals surface area (Å²) in [7, 11) is 0. The molecule has 0 saturated heterocycles. The summed E-state index contributed by atoms with van der Waals surface area (Å²) in [6.07, 6.45) is 6.98. The van der Waals surface area contributed by atoms with Gasteiger partial charge in [-0.3, -0.25) is 4.98 Å². The summed E-state index contributed by atoms with van der Waals surface area (Å²) >= 11 is 0. The quantitative estimate of drug-likeness (QED) is 0.266. The van der Waals surface area contributed by atoms with Crippen LogP contribution in [0.2, 0.25) is 0 Å². The number of aromatic nitrogens is 1. The molecule has 3 nitrogen and oxygen atoms in total. The van der Waals surface area contributed by atoms with E-state index in [0.717, 1.165) is 60.9 Å². The molecule has 5 rings (SSSR count). The standard InChI is InChI=1S/C17H14N.C17H32O2.Ir/c1-12-9-13(2)11-15(10-12)17-8-7-14-5-3-4-6-16(14)18-17;1-5-16(6-2)10-9-12-11-17(7-3,8-4)15(19)13(12)14(16)18;/h3-10H,1-2H3;12-15,18-19H,5-11H2,1-4H3;/q-1;;. The zero-order valence-electron chi connectivity index (χ0n) is 24.1. The maximum absolute atomic E-state index is 10.9. The molecule has 3 aromatic rings. The molecule has 1 radical (unpaired) electrons. The minimum atomic E-state index is -0.309. The van der Waals surface area contributed by atoms with Gasteiger partial charge in [-0.15, -0.1) is 34.9 Å². The fourth-order valence-electron chi connectivity index (χ4n) is 7.43. The van der Waals surface area contributed by atoms with Gasteiger partial charge in [-0.05, 0) is 78.8 Å². The number of fused-ring (bicyclic) bond motifs is 2. The predicted molar refractivity (Wildman–Crippen MR) is 154 cm³/mol. The number of aliphatic hydroxyl groups excluding tert-OH is 2. The van der Waals surface area contributed by atoms with E-state index >= 15 is 0 Å². The van der Waals surface area contributed by atoms with Crippen molar-refractivity contribution in [3.63, 3.8) is 0 Å². The number of benzene rings is 2. The second-order valence-corrected chi connectivity index (χ2v) is 11.8. The van der Waals surface area contributed by atoms with Crippen LogP contribution in [0.4, 0.5) is 0 Å². The van der Waals surface area contributed by atoms with E-state index in [1.165, 1.54) is 17.4 Å². The first kappa shape index (κ1) is 31.0. The Morgan fingerprint density at radius 2 is 1.50 bits per heavy atom. The van der Waals surface area contributed by atoms with Crippen molar-refractivity contribution in [2.24, 2.45) is 22.7 Å². The van der Waals surface area contributed by atoms with Crippen LogP contribution >= 0.6 is 0 Å². The Bertz CT molecular complexity index is 1170. The van der Waals surface area contributed by atoms with Crippen molar-refractivity contribution in [1.29, 1.82) is 0 Å². The third-order valence-corrected chi connectivity index (χ3v) is 10.0. The summed E-state index contributed by atoms with van der Waals surface area (Å²) in [5, 5.41) is 23.0. The van der Waals surface area contributed by atoms with Crippen LogP contribution in [-0.2, 0) is 20.1 Å². The number of aliphatic hydroxyl groups is 2. The molecule has 2 aromatic carbocycles. The van der Waals surface area contributed by atoms with Crippen molar-refractivity contribution in [3.8, 4) is 11.3 Å². The third kappa shape index (κ3) is 5.80. The zero-order chi connectivity index (χ0) is 26.8. The number of hydrogen-bond acceptors (Lipinski definition) is 3. The molecule has 2 fully saturated rings. The van der Waals surface area contributed by atoms with Crippen molar-refractivity contribution in [2.45, 2.75) is 98.7 Å². The van der Waals surface area contributed by atoms with Crippen molar-refractivity contribution >= 4 is 10.9 Å². The number of aryl methyl sites for hydroxylation is 2. The monoisotopic (exact) mass is 693 g/mol. The van der Waals surface area contributed by atoms with E-state index in [1.54, 1.807) is 0 Å². The summed E-state index contributed by atoms with van der Waals surface area (Å²) in [5.74, 6) is 0.657. The van der Waals surface area contributed by atoms with E-state index in [9.17, 15) is 10.2 Å². The largest absolute Gasteiger partial charge is 0.392 e. The van der Waals surface area contributed by atoms with E-state index in [2.05, 4.69) is 77.9 Å². The second kappa shape index (κ2) is 12.7. The number of rotatable bonds is 5. The summed E-state index contributed by atoms with van der Waals surface area (Å²) in [6, 6.07) is 20.0. The number of pyridine rings is 1. The summed E-state index contributed by atoms with van der Waals surface area (Å²) in [4.78, 5) is 4.70. The van der Waals surface area contributed by atoms with Crippen molar-refractivity contribution in [1.82, 2.24) is 4.98 Å². The van der Waals surface area contributed by atoms with Gasteiger partial charge in [0.05, 0.1) is 17.7 Å². The summed E-state index contributed by atoms with van der Waals surface area (Å²) in [5.41, 5.74) is 5.60. The van der Waals surface area contributed by atoms with Gasteiger partial charge in [-0.1, -0.05) is 71.9 Å². The van der Waals surface area contributed by atoms with Crippen LogP contribution in [0, 0.1) is 42.6 Å². The van der Waals surface area contributed by atoms with Gasteiger partial charge in [0.1, 0.15) is 0 Å². The van der Waals surface area contributed by atoms with Gasteiger partial charge >= 0.3 is 0 Å². The van der Waals surface area contributed by atoms with E-state index in [4.69, 9.17) is 4.98 Å². The SMILES string of the molecule is CCC1(CC)CCC2CC(CC)(CC)C(O)C2C1O.Cc1[c-]c(-c2ccc3ccccc3n2)cc(C)c1.[Ir]. The molecule has 4 unspecified atom stereocenters. The third-order valence-electron chi connectivity index (χ3n) is 10.0. The molecular weight excluding hydrogens is 647 g/mol.